The van der Waals surface area contributed by atoms with Crippen LogP contribution in [0.1, 0.15) is 51.7 Å². The van der Waals surface area contributed by atoms with Crippen molar-refractivity contribution in [1.82, 2.24) is 10.1 Å². The van der Waals surface area contributed by atoms with Crippen LogP contribution in [0.25, 0.3) is 0 Å². The minimum Gasteiger partial charge on any atom is -0.469 e. The van der Waals surface area contributed by atoms with E-state index in [1.54, 1.807) is 11.8 Å². The molecule has 2 rings (SSSR count). The maximum atomic E-state index is 11.3. The summed E-state index contributed by atoms with van der Waals surface area (Å²) in [5, 5.41) is 4.00. The maximum Gasteiger partial charge on any atom is 0.306 e. The largest absolute Gasteiger partial charge is 0.469 e. The summed E-state index contributed by atoms with van der Waals surface area (Å²) in [5.41, 5.74) is 0.0346. The van der Waals surface area contributed by atoms with Crippen molar-refractivity contribution in [2.75, 3.05) is 12.9 Å². The predicted molar refractivity (Wildman–Crippen MR) is 77.5 cm³/mol. The molecule has 0 amide bonds. The highest BCUT2D eigenvalue weighted by molar-refractivity contribution is 7.98. The fraction of sp³-hybridized carbons (Fsp3) is 0.786. The smallest absolute Gasteiger partial charge is 0.306 e. The fourth-order valence-electron chi connectivity index (χ4n) is 1.90. The third-order valence-electron chi connectivity index (χ3n) is 3.45. The Morgan fingerprint density at radius 2 is 2.15 bits per heavy atom. The molecule has 1 heterocycles. The Morgan fingerprint density at radius 3 is 2.65 bits per heavy atom. The lowest BCUT2D eigenvalue weighted by Crippen LogP contribution is -2.13. The number of aromatic nitrogens is 2. The molecule has 0 aliphatic heterocycles. The number of nitrogens with zero attached hydrogens (tertiary/aromatic N) is 2. The van der Waals surface area contributed by atoms with E-state index in [0.717, 1.165) is 30.2 Å². The summed E-state index contributed by atoms with van der Waals surface area (Å²) in [4.78, 5) is 15.8. The van der Waals surface area contributed by atoms with Crippen molar-refractivity contribution in [2.45, 2.75) is 51.2 Å². The van der Waals surface area contributed by atoms with E-state index in [1.165, 1.54) is 7.11 Å². The van der Waals surface area contributed by atoms with E-state index in [0.29, 0.717) is 12.3 Å². The first-order valence-corrected chi connectivity index (χ1v) is 7.98. The molecule has 0 atom stereocenters. The normalized spacial score (nSPS) is 17.0. The van der Waals surface area contributed by atoms with Crippen LogP contribution >= 0.6 is 11.8 Å². The summed E-state index contributed by atoms with van der Waals surface area (Å²) >= 11 is 1.76. The fourth-order valence-corrected chi connectivity index (χ4v) is 3.13. The van der Waals surface area contributed by atoms with Gasteiger partial charge in [0.05, 0.1) is 19.3 Å². The van der Waals surface area contributed by atoms with Crippen molar-refractivity contribution >= 4 is 17.7 Å². The lowest BCUT2D eigenvalue weighted by atomic mass is 9.97. The number of hydrogen-bond donors (Lipinski definition) is 0. The Labute approximate surface area is 123 Å². The molecular weight excluding hydrogens is 276 g/mol. The first-order chi connectivity index (χ1) is 9.35. The van der Waals surface area contributed by atoms with Crippen LogP contribution in [0.15, 0.2) is 4.52 Å². The van der Waals surface area contributed by atoms with Gasteiger partial charge >= 0.3 is 5.97 Å². The highest BCUT2D eigenvalue weighted by atomic mass is 32.2. The molecule has 1 aliphatic rings. The van der Waals surface area contributed by atoms with E-state index in [4.69, 9.17) is 9.26 Å². The van der Waals surface area contributed by atoms with Crippen molar-refractivity contribution in [3.05, 3.63) is 11.7 Å². The monoisotopic (exact) mass is 298 g/mol. The molecule has 0 radical (unpaired) electrons. The van der Waals surface area contributed by atoms with Crippen LogP contribution in [0.3, 0.4) is 0 Å². The van der Waals surface area contributed by atoms with Gasteiger partial charge in [0.2, 0.25) is 5.89 Å². The van der Waals surface area contributed by atoms with Crippen LogP contribution in [-0.4, -0.2) is 29.0 Å². The van der Waals surface area contributed by atoms with E-state index in [-0.39, 0.29) is 16.8 Å². The molecule has 6 heteroatoms. The number of hydrogen-bond acceptors (Lipinski definition) is 6. The molecule has 20 heavy (non-hydrogen) atoms. The zero-order valence-electron chi connectivity index (χ0n) is 12.6. The van der Waals surface area contributed by atoms with Crippen LogP contribution in [0.2, 0.25) is 0 Å². The van der Waals surface area contributed by atoms with E-state index in [2.05, 4.69) is 10.1 Å². The molecule has 112 valence electrons. The van der Waals surface area contributed by atoms with Crippen molar-refractivity contribution < 1.29 is 14.1 Å². The van der Waals surface area contributed by atoms with Crippen LogP contribution in [0, 0.1) is 5.41 Å². The lowest BCUT2D eigenvalue weighted by Gasteiger charge is -2.12. The lowest BCUT2D eigenvalue weighted by molar-refractivity contribution is -0.141. The van der Waals surface area contributed by atoms with Gasteiger partial charge in [0, 0.05) is 5.41 Å². The second-order valence-electron chi connectivity index (χ2n) is 6.51. The zero-order chi connectivity index (χ0) is 14.8. The van der Waals surface area contributed by atoms with Gasteiger partial charge in [-0.3, -0.25) is 4.79 Å². The van der Waals surface area contributed by atoms with E-state index >= 15 is 0 Å². The molecule has 1 aromatic heterocycles. The quantitative estimate of drug-likeness (QED) is 0.752. The highest BCUT2D eigenvalue weighted by Crippen LogP contribution is 2.51. The average Bonchev–Trinajstić information content (AvgIpc) is 2.94. The van der Waals surface area contributed by atoms with Crippen LogP contribution in [0.4, 0.5) is 0 Å². The first kappa shape index (κ1) is 15.4. The van der Waals surface area contributed by atoms with Gasteiger partial charge < -0.3 is 9.26 Å². The van der Waals surface area contributed by atoms with Crippen molar-refractivity contribution in [3.8, 4) is 0 Å². The van der Waals surface area contributed by atoms with Gasteiger partial charge in [-0.15, -0.1) is 0 Å². The molecule has 0 bridgehead atoms. The van der Waals surface area contributed by atoms with E-state index < -0.39 is 0 Å². The third-order valence-corrected chi connectivity index (χ3v) is 4.73. The van der Waals surface area contributed by atoms with Gasteiger partial charge in [0.1, 0.15) is 0 Å². The molecule has 0 saturated heterocycles. The summed E-state index contributed by atoms with van der Waals surface area (Å²) in [7, 11) is 1.44. The molecule has 0 N–H and O–H groups in total. The summed E-state index contributed by atoms with van der Waals surface area (Å²) in [6.45, 7) is 6.15. The third kappa shape index (κ3) is 3.98. The van der Waals surface area contributed by atoms with Crippen LogP contribution in [0.5, 0.6) is 0 Å². The number of carbonyl (C=O) groups is 1. The van der Waals surface area contributed by atoms with Gasteiger partial charge in [-0.25, -0.2) is 0 Å². The Morgan fingerprint density at radius 1 is 1.45 bits per heavy atom. The molecule has 5 nitrogen and oxygen atoms in total. The topological polar surface area (TPSA) is 65.2 Å². The van der Waals surface area contributed by atoms with Crippen molar-refractivity contribution in [2.24, 2.45) is 5.41 Å². The van der Waals surface area contributed by atoms with Gasteiger partial charge in [-0.05, 0) is 24.0 Å². The summed E-state index contributed by atoms with van der Waals surface area (Å²) in [6.07, 6.45) is 2.74. The SMILES string of the molecule is COC(=O)CC1(CSCc2noc(C(C)(C)C)n2)CC1. The molecule has 1 saturated carbocycles. The molecular formula is C14H22N2O3S. The van der Waals surface area contributed by atoms with E-state index in [1.807, 2.05) is 20.8 Å². The number of thioether (sulfide) groups is 1. The van der Waals surface area contributed by atoms with Gasteiger partial charge in [0.25, 0.3) is 0 Å². The standard InChI is InChI=1S/C14H22N2O3S/c1-13(2,3)12-15-10(16-19-12)8-20-9-14(5-6-14)7-11(17)18-4/h5-9H2,1-4H3. The molecule has 0 spiro atoms. The second kappa shape index (κ2) is 5.76. The molecule has 0 unspecified atom stereocenters. The number of ether oxygens (including phenoxy) is 1. The average molecular weight is 298 g/mol. The first-order valence-electron chi connectivity index (χ1n) is 6.82. The Kier molecular flexibility index (Phi) is 4.42. The summed E-state index contributed by atoms with van der Waals surface area (Å²) < 4.78 is 10.0. The minimum atomic E-state index is -0.113. The summed E-state index contributed by atoms with van der Waals surface area (Å²) in [6, 6.07) is 0. The maximum absolute atomic E-state index is 11.3. The van der Waals surface area contributed by atoms with Crippen LogP contribution < -0.4 is 0 Å². The zero-order valence-corrected chi connectivity index (χ0v) is 13.4. The van der Waals surface area contributed by atoms with Crippen molar-refractivity contribution in [3.63, 3.8) is 0 Å². The number of methoxy groups -OCH3 is 1. The number of esters is 1. The molecule has 0 aromatic carbocycles. The highest BCUT2D eigenvalue weighted by Gasteiger charge is 2.44. The molecule has 1 aliphatic carbocycles. The minimum absolute atomic E-state index is 0.113. The van der Waals surface area contributed by atoms with Crippen LogP contribution in [-0.2, 0) is 20.7 Å². The van der Waals surface area contributed by atoms with Crippen molar-refractivity contribution in [1.29, 1.82) is 0 Å². The van der Waals surface area contributed by atoms with E-state index in [9.17, 15) is 4.79 Å². The van der Waals surface area contributed by atoms with Gasteiger partial charge in [0.15, 0.2) is 5.82 Å². The number of rotatable bonds is 6. The summed E-state index contributed by atoms with van der Waals surface area (Å²) in [5.74, 6) is 2.96. The van der Waals surface area contributed by atoms with Gasteiger partial charge in [-0.1, -0.05) is 25.9 Å². The Hall–Kier alpha value is -1.04. The Balaban J connectivity index is 1.79. The Bertz CT molecular complexity index is 475. The predicted octanol–water partition coefficient (Wildman–Crippen LogP) is 2.94. The second-order valence-corrected chi connectivity index (χ2v) is 7.50. The number of carbonyl (C=O) groups excluding carboxylic acids is 1. The molecule has 1 aromatic rings. The molecule has 1 fully saturated rings. The van der Waals surface area contributed by atoms with Gasteiger partial charge in [-0.2, -0.15) is 16.7 Å².